The monoisotopic (exact) mass is 509 g/mol. The van der Waals surface area contributed by atoms with Crippen LogP contribution in [-0.2, 0) is 10.3 Å². The molecule has 0 spiro atoms. The first kappa shape index (κ1) is 25.1. The summed E-state index contributed by atoms with van der Waals surface area (Å²) in [6, 6.07) is 24.9. The van der Waals surface area contributed by atoms with E-state index in [1.807, 2.05) is 68.4 Å². The highest BCUT2D eigenvalue weighted by Gasteiger charge is 2.41. The maximum Gasteiger partial charge on any atom is 0.251 e. The Bertz CT molecular complexity index is 1490. The second kappa shape index (κ2) is 10.1. The molecule has 0 aliphatic carbocycles. The normalized spacial score (nSPS) is 16.3. The number of aromatic nitrogens is 1. The number of ether oxygens (including phenoxy) is 1. The fourth-order valence-electron chi connectivity index (χ4n) is 4.77. The van der Waals surface area contributed by atoms with Crippen molar-refractivity contribution >= 4 is 11.8 Å². The molecule has 0 saturated carbocycles. The Hall–Kier alpha value is -4.52. The standard InChI is InChI=1S/C31H28FN3O3/c1-31(2,23-10-5-4-6-11-23)35-28(36)21-9-7-8-20(16-21)22-17-25-26(29(37)33-3)27(38-30(25)34-18-22)19-12-14-24(32)15-13-19/h4-18,26-27H,1-3H3,(H,33,37)(H,35,36). The van der Waals surface area contributed by atoms with Gasteiger partial charge in [-0.3, -0.25) is 9.59 Å². The van der Waals surface area contributed by atoms with Gasteiger partial charge < -0.3 is 15.4 Å². The smallest absolute Gasteiger partial charge is 0.251 e. The van der Waals surface area contributed by atoms with Gasteiger partial charge in [0.2, 0.25) is 11.8 Å². The van der Waals surface area contributed by atoms with Gasteiger partial charge in [-0.25, -0.2) is 9.37 Å². The number of hydrogen-bond acceptors (Lipinski definition) is 4. The first-order valence-corrected chi connectivity index (χ1v) is 12.4. The van der Waals surface area contributed by atoms with Gasteiger partial charge in [0.25, 0.3) is 5.91 Å². The molecule has 2 N–H and O–H groups in total. The number of fused-ring (bicyclic) bond motifs is 1. The van der Waals surface area contributed by atoms with E-state index in [1.165, 1.54) is 12.1 Å². The van der Waals surface area contributed by atoms with Crippen molar-refractivity contribution in [1.29, 1.82) is 0 Å². The van der Waals surface area contributed by atoms with Crippen molar-refractivity contribution < 1.29 is 18.7 Å². The maximum absolute atomic E-state index is 13.5. The number of carbonyl (C=O) groups excluding carboxylic acids is 2. The first-order chi connectivity index (χ1) is 18.3. The third kappa shape index (κ3) is 4.87. The van der Waals surface area contributed by atoms with Crippen LogP contribution >= 0.6 is 0 Å². The average molecular weight is 510 g/mol. The van der Waals surface area contributed by atoms with E-state index in [9.17, 15) is 14.0 Å². The molecule has 1 aliphatic heterocycles. The molecule has 192 valence electrons. The van der Waals surface area contributed by atoms with E-state index in [0.717, 1.165) is 16.7 Å². The zero-order valence-corrected chi connectivity index (χ0v) is 21.4. The molecule has 4 aromatic rings. The number of pyridine rings is 1. The summed E-state index contributed by atoms with van der Waals surface area (Å²) in [5.41, 5.74) is 3.80. The van der Waals surface area contributed by atoms with Crippen LogP contribution in [-0.4, -0.2) is 23.8 Å². The van der Waals surface area contributed by atoms with Crippen molar-refractivity contribution in [2.75, 3.05) is 7.05 Å². The van der Waals surface area contributed by atoms with Crippen LogP contribution in [0.5, 0.6) is 5.88 Å². The minimum Gasteiger partial charge on any atom is -0.468 e. The molecule has 3 aromatic carbocycles. The number of carbonyl (C=O) groups is 2. The van der Waals surface area contributed by atoms with Crippen LogP contribution in [0.2, 0.25) is 0 Å². The molecule has 0 fully saturated rings. The van der Waals surface area contributed by atoms with Crippen LogP contribution in [0.3, 0.4) is 0 Å². The molecule has 2 atom stereocenters. The van der Waals surface area contributed by atoms with Gasteiger partial charge in [0, 0.05) is 29.9 Å². The molecular formula is C31H28FN3O3. The van der Waals surface area contributed by atoms with Gasteiger partial charge in [-0.1, -0.05) is 54.6 Å². The highest BCUT2D eigenvalue weighted by atomic mass is 19.1. The number of likely N-dealkylation sites (N-methyl/N-ethyl adjacent to an activating group) is 1. The minimum absolute atomic E-state index is 0.197. The van der Waals surface area contributed by atoms with Crippen molar-refractivity contribution in [3.63, 3.8) is 0 Å². The summed E-state index contributed by atoms with van der Waals surface area (Å²) in [5.74, 6) is -1.09. The van der Waals surface area contributed by atoms with Crippen LogP contribution in [0, 0.1) is 5.82 Å². The van der Waals surface area contributed by atoms with E-state index in [-0.39, 0.29) is 17.6 Å². The molecule has 0 saturated heterocycles. The number of hydrogen-bond donors (Lipinski definition) is 2. The lowest BCUT2D eigenvalue weighted by Gasteiger charge is -2.27. The first-order valence-electron chi connectivity index (χ1n) is 12.4. The topological polar surface area (TPSA) is 80.3 Å². The van der Waals surface area contributed by atoms with Crippen molar-refractivity contribution in [2.24, 2.45) is 0 Å². The quantitative estimate of drug-likeness (QED) is 0.359. The van der Waals surface area contributed by atoms with Gasteiger partial charge in [-0.2, -0.15) is 0 Å². The van der Waals surface area contributed by atoms with Crippen LogP contribution in [0.15, 0.2) is 91.1 Å². The predicted octanol–water partition coefficient (Wildman–Crippen LogP) is 5.52. The molecule has 2 amide bonds. The van der Waals surface area contributed by atoms with E-state index in [2.05, 4.69) is 15.6 Å². The van der Waals surface area contributed by atoms with E-state index < -0.39 is 17.6 Å². The Kier molecular flexibility index (Phi) is 6.68. The summed E-state index contributed by atoms with van der Waals surface area (Å²) in [4.78, 5) is 30.6. The molecule has 2 unspecified atom stereocenters. The van der Waals surface area contributed by atoms with Crippen LogP contribution < -0.4 is 15.4 Å². The third-order valence-corrected chi connectivity index (χ3v) is 6.86. The van der Waals surface area contributed by atoms with Gasteiger partial charge in [-0.15, -0.1) is 0 Å². The molecule has 1 aromatic heterocycles. The average Bonchev–Trinajstić information content (AvgIpc) is 3.32. The second-order valence-electron chi connectivity index (χ2n) is 9.83. The summed E-state index contributed by atoms with van der Waals surface area (Å²) >= 11 is 0. The van der Waals surface area contributed by atoms with Gasteiger partial charge >= 0.3 is 0 Å². The van der Waals surface area contributed by atoms with E-state index in [0.29, 0.717) is 22.6 Å². The fraction of sp³-hybridized carbons (Fsp3) is 0.194. The lowest BCUT2D eigenvalue weighted by molar-refractivity contribution is -0.123. The summed E-state index contributed by atoms with van der Waals surface area (Å²) in [5, 5.41) is 5.82. The van der Waals surface area contributed by atoms with E-state index in [4.69, 9.17) is 4.74 Å². The Morgan fingerprint density at radius 2 is 1.66 bits per heavy atom. The maximum atomic E-state index is 13.5. The molecule has 0 radical (unpaired) electrons. The molecule has 5 rings (SSSR count). The Labute approximate surface area is 220 Å². The van der Waals surface area contributed by atoms with Crippen molar-refractivity contribution in [2.45, 2.75) is 31.4 Å². The Morgan fingerprint density at radius 1 is 0.921 bits per heavy atom. The SMILES string of the molecule is CNC(=O)C1c2cc(-c3cccc(C(=O)NC(C)(C)c4ccccc4)c3)cnc2OC1c1ccc(F)cc1. The highest BCUT2D eigenvalue weighted by molar-refractivity contribution is 5.96. The van der Waals surface area contributed by atoms with Crippen LogP contribution in [0.1, 0.15) is 52.9 Å². The van der Waals surface area contributed by atoms with Gasteiger partial charge in [0.1, 0.15) is 17.8 Å². The highest BCUT2D eigenvalue weighted by Crippen LogP contribution is 2.46. The number of nitrogens with zero attached hydrogens (tertiary/aromatic N) is 1. The summed E-state index contributed by atoms with van der Waals surface area (Å²) in [7, 11) is 1.57. The fourth-order valence-corrected chi connectivity index (χ4v) is 4.77. The van der Waals surface area contributed by atoms with Gasteiger partial charge in [0.15, 0.2) is 0 Å². The van der Waals surface area contributed by atoms with E-state index >= 15 is 0 Å². The van der Waals surface area contributed by atoms with Gasteiger partial charge in [-0.05, 0) is 60.9 Å². The largest absolute Gasteiger partial charge is 0.468 e. The van der Waals surface area contributed by atoms with Crippen molar-refractivity contribution in [3.8, 4) is 17.0 Å². The van der Waals surface area contributed by atoms with Gasteiger partial charge in [0.05, 0.1) is 5.54 Å². The number of halogens is 1. The number of nitrogens with one attached hydrogen (secondary N) is 2. The molecule has 6 nitrogen and oxygen atoms in total. The zero-order chi connectivity index (χ0) is 26.9. The van der Waals surface area contributed by atoms with E-state index in [1.54, 1.807) is 31.4 Å². The Balaban J connectivity index is 1.44. The number of amides is 2. The second-order valence-corrected chi connectivity index (χ2v) is 9.83. The molecule has 38 heavy (non-hydrogen) atoms. The molecule has 1 aliphatic rings. The summed E-state index contributed by atoms with van der Waals surface area (Å²) in [6.07, 6.45) is 1.03. The lowest BCUT2D eigenvalue weighted by Crippen LogP contribution is -2.40. The number of benzene rings is 3. The molecule has 0 bridgehead atoms. The van der Waals surface area contributed by atoms with Crippen molar-refractivity contribution in [3.05, 3.63) is 119 Å². The molecule has 2 heterocycles. The van der Waals surface area contributed by atoms with Crippen LogP contribution in [0.4, 0.5) is 4.39 Å². The molecular weight excluding hydrogens is 481 g/mol. The molecule has 7 heteroatoms. The van der Waals surface area contributed by atoms with Crippen LogP contribution in [0.25, 0.3) is 11.1 Å². The lowest BCUT2D eigenvalue weighted by atomic mass is 9.89. The summed E-state index contributed by atoms with van der Waals surface area (Å²) in [6.45, 7) is 3.93. The zero-order valence-electron chi connectivity index (χ0n) is 21.4. The Morgan fingerprint density at radius 3 is 2.37 bits per heavy atom. The number of rotatable bonds is 6. The minimum atomic E-state index is -0.661. The summed E-state index contributed by atoms with van der Waals surface area (Å²) < 4.78 is 19.6. The van der Waals surface area contributed by atoms with Crippen molar-refractivity contribution in [1.82, 2.24) is 15.6 Å². The third-order valence-electron chi connectivity index (χ3n) is 6.86. The predicted molar refractivity (Wildman–Crippen MR) is 143 cm³/mol.